The summed E-state index contributed by atoms with van der Waals surface area (Å²) in [4.78, 5) is -0.178. The standard InChI is InChI=1S/C7H8O3S.C6H7P/c1-6-2-4-7(5-3-6)11(8,9)10;7-6-4-2-1-3-5-6/h2-5H,1H3,(H,8,9,10);1-5H,7H2. The van der Waals surface area contributed by atoms with E-state index in [0.717, 1.165) is 5.56 Å². The quantitative estimate of drug-likeness (QED) is 0.592. The molecule has 0 radical (unpaired) electrons. The molecule has 2 aromatic rings. The fourth-order valence-corrected chi connectivity index (χ4v) is 1.92. The molecule has 18 heavy (non-hydrogen) atoms. The Morgan fingerprint density at radius 1 is 0.944 bits per heavy atom. The van der Waals surface area contributed by atoms with Gasteiger partial charge in [0.05, 0.1) is 10.2 Å². The number of benzene rings is 2. The zero-order valence-electron chi connectivity index (χ0n) is 10.0. The van der Waals surface area contributed by atoms with Crippen LogP contribution in [0.2, 0.25) is 0 Å². The average Bonchev–Trinajstić information content (AvgIpc) is 2.30. The van der Waals surface area contributed by atoms with Crippen molar-refractivity contribution in [3.63, 3.8) is 0 Å². The Hall–Kier alpha value is -1.22. The van der Waals surface area contributed by atoms with Gasteiger partial charge in [0.25, 0.3) is 0 Å². The van der Waals surface area contributed by atoms with Crippen molar-refractivity contribution >= 4 is 24.7 Å². The van der Waals surface area contributed by atoms with Gasteiger partial charge in [-0.1, -0.05) is 35.9 Å². The minimum Gasteiger partial charge on any atom is -0.744 e. The van der Waals surface area contributed by atoms with Crippen molar-refractivity contribution in [2.75, 3.05) is 0 Å². The molecule has 0 aliphatic heterocycles. The molecule has 3 nitrogen and oxygen atoms in total. The minimum absolute atomic E-state index is 0.178. The molecule has 96 valence electrons. The van der Waals surface area contributed by atoms with Gasteiger partial charge in [-0.25, -0.2) is 8.42 Å². The summed E-state index contributed by atoms with van der Waals surface area (Å²) in [6.07, 6.45) is 0. The molecule has 0 saturated carbocycles. The van der Waals surface area contributed by atoms with Gasteiger partial charge in [-0.15, -0.1) is 0 Å². The van der Waals surface area contributed by atoms with Crippen LogP contribution < -0.4 is 5.30 Å². The lowest BCUT2D eigenvalue weighted by atomic mass is 10.2. The van der Waals surface area contributed by atoms with Crippen LogP contribution in [0.25, 0.3) is 0 Å². The molecule has 2 rings (SSSR count). The zero-order chi connectivity index (χ0) is 13.6. The third-order valence-corrected chi connectivity index (χ3v) is 3.47. The van der Waals surface area contributed by atoms with Crippen LogP contribution in [0.4, 0.5) is 0 Å². The van der Waals surface area contributed by atoms with E-state index in [4.69, 9.17) is 0 Å². The molecule has 0 N–H and O–H groups in total. The number of hydrogen-bond acceptors (Lipinski definition) is 3. The maximum Gasteiger partial charge on any atom is 0.124 e. The molecule has 0 aliphatic carbocycles. The lowest BCUT2D eigenvalue weighted by Gasteiger charge is -2.05. The molecule has 0 heterocycles. The summed E-state index contributed by atoms with van der Waals surface area (Å²) in [5, 5.41) is 1.35. The third-order valence-electron chi connectivity index (χ3n) is 2.15. The maximum absolute atomic E-state index is 10.4. The predicted molar refractivity (Wildman–Crippen MR) is 76.3 cm³/mol. The van der Waals surface area contributed by atoms with Crippen molar-refractivity contribution in [1.82, 2.24) is 0 Å². The van der Waals surface area contributed by atoms with Gasteiger partial charge in [0, 0.05) is 9.24 Å². The largest absolute Gasteiger partial charge is 0.744 e. The fourth-order valence-electron chi connectivity index (χ4n) is 1.18. The first-order valence-electron chi connectivity index (χ1n) is 5.29. The van der Waals surface area contributed by atoms with Crippen molar-refractivity contribution < 1.29 is 13.0 Å². The highest BCUT2D eigenvalue weighted by Crippen LogP contribution is 2.08. The van der Waals surface area contributed by atoms with Crippen LogP contribution in [0.15, 0.2) is 59.5 Å². The van der Waals surface area contributed by atoms with Crippen LogP contribution in [-0.4, -0.2) is 13.0 Å². The molecule has 1 atom stereocenters. The summed E-state index contributed by atoms with van der Waals surface area (Å²) < 4.78 is 31.2. The molecular weight excluding hydrogens is 267 g/mol. The van der Waals surface area contributed by atoms with Gasteiger partial charge in [-0.3, -0.25) is 0 Å². The highest BCUT2D eigenvalue weighted by atomic mass is 32.2. The lowest BCUT2D eigenvalue weighted by Crippen LogP contribution is -1.97. The molecule has 0 amide bonds. The second-order valence-corrected chi connectivity index (χ2v) is 5.95. The molecular formula is C13H15O3PS. The van der Waals surface area contributed by atoms with Crippen LogP contribution in [0.5, 0.6) is 0 Å². The van der Waals surface area contributed by atoms with E-state index in [-0.39, 0.29) is 4.90 Å². The Balaban J connectivity index is 0.000000199. The monoisotopic (exact) mass is 282 g/mol. The molecule has 0 spiro atoms. The summed E-state index contributed by atoms with van der Waals surface area (Å²) in [5.74, 6) is 0. The first-order valence-corrected chi connectivity index (χ1v) is 7.41. The van der Waals surface area contributed by atoms with E-state index in [2.05, 4.69) is 12.1 Å². The van der Waals surface area contributed by atoms with E-state index in [1.54, 1.807) is 12.1 Å². The fraction of sp³-hybridized carbons (Fsp3) is 0.0769. The predicted octanol–water partition coefficient (Wildman–Crippen LogP) is 1.82. The average molecular weight is 282 g/mol. The second-order valence-electron chi connectivity index (χ2n) is 3.75. The second kappa shape index (κ2) is 6.64. The van der Waals surface area contributed by atoms with Crippen LogP contribution in [0.3, 0.4) is 0 Å². The van der Waals surface area contributed by atoms with Gasteiger partial charge in [0.15, 0.2) is 0 Å². The number of hydrogen-bond donors (Lipinski definition) is 0. The minimum atomic E-state index is -4.27. The van der Waals surface area contributed by atoms with Crippen LogP contribution in [0.1, 0.15) is 5.56 Å². The Labute approximate surface area is 110 Å². The van der Waals surface area contributed by atoms with Crippen LogP contribution >= 0.6 is 9.24 Å². The van der Waals surface area contributed by atoms with E-state index in [1.807, 2.05) is 34.4 Å². The van der Waals surface area contributed by atoms with E-state index >= 15 is 0 Å². The Morgan fingerprint density at radius 3 is 1.78 bits per heavy atom. The van der Waals surface area contributed by atoms with Crippen molar-refractivity contribution in [1.29, 1.82) is 0 Å². The maximum atomic E-state index is 10.4. The number of rotatable bonds is 1. The molecule has 0 saturated heterocycles. The summed E-state index contributed by atoms with van der Waals surface area (Å²) in [6.45, 7) is 1.82. The smallest absolute Gasteiger partial charge is 0.124 e. The van der Waals surface area contributed by atoms with Gasteiger partial charge in [0.2, 0.25) is 0 Å². The Kier molecular flexibility index (Phi) is 5.48. The molecule has 1 unspecified atom stereocenters. The summed E-state index contributed by atoms with van der Waals surface area (Å²) in [7, 11) is -2.37. The van der Waals surface area contributed by atoms with Crippen molar-refractivity contribution in [2.45, 2.75) is 11.8 Å². The normalized spacial score (nSPS) is 10.6. The van der Waals surface area contributed by atoms with Gasteiger partial charge in [-0.05, 0) is 31.2 Å². The Morgan fingerprint density at radius 2 is 1.44 bits per heavy atom. The van der Waals surface area contributed by atoms with Gasteiger partial charge >= 0.3 is 0 Å². The molecule has 5 heteroatoms. The highest BCUT2D eigenvalue weighted by molar-refractivity contribution is 7.85. The number of aryl methyl sites for hydroxylation is 1. The van der Waals surface area contributed by atoms with Gasteiger partial charge < -0.3 is 4.55 Å². The SMILES string of the molecule is Cc1ccc(S(=O)(=O)[O-])cc1.[PH3+]c1ccccc1. The molecule has 0 aliphatic rings. The summed E-state index contributed by atoms with van der Waals surface area (Å²) in [6, 6.07) is 16.1. The molecule has 0 aromatic heterocycles. The first kappa shape index (κ1) is 14.8. The van der Waals surface area contributed by atoms with Crippen molar-refractivity contribution in [3.8, 4) is 0 Å². The van der Waals surface area contributed by atoms with Gasteiger partial charge in [0.1, 0.15) is 10.1 Å². The third kappa shape index (κ3) is 5.41. The van der Waals surface area contributed by atoms with E-state index in [1.165, 1.54) is 17.4 Å². The van der Waals surface area contributed by atoms with E-state index < -0.39 is 10.1 Å². The highest BCUT2D eigenvalue weighted by Gasteiger charge is 1.97. The molecule has 0 bridgehead atoms. The summed E-state index contributed by atoms with van der Waals surface area (Å²) >= 11 is 0. The topological polar surface area (TPSA) is 57.2 Å². The summed E-state index contributed by atoms with van der Waals surface area (Å²) in [5.41, 5.74) is 0.928. The lowest BCUT2D eigenvalue weighted by molar-refractivity contribution is 0.463. The molecule has 0 fully saturated rings. The van der Waals surface area contributed by atoms with Crippen molar-refractivity contribution in [3.05, 3.63) is 60.2 Å². The van der Waals surface area contributed by atoms with Gasteiger partial charge in [-0.2, -0.15) is 0 Å². The Bertz CT molecular complexity index is 577. The van der Waals surface area contributed by atoms with E-state index in [0.29, 0.717) is 0 Å². The van der Waals surface area contributed by atoms with Crippen LogP contribution in [-0.2, 0) is 10.1 Å². The zero-order valence-corrected chi connectivity index (χ0v) is 12.3. The van der Waals surface area contributed by atoms with E-state index in [9.17, 15) is 13.0 Å². The first-order chi connectivity index (χ1) is 8.39. The van der Waals surface area contributed by atoms with Crippen molar-refractivity contribution in [2.24, 2.45) is 0 Å². The molecule has 2 aromatic carbocycles. The van der Waals surface area contributed by atoms with Crippen LogP contribution in [0, 0.1) is 6.92 Å².